The third-order valence-electron chi connectivity index (χ3n) is 3.33. The first-order valence-electron chi connectivity index (χ1n) is 8.06. The van der Waals surface area contributed by atoms with Crippen LogP contribution in [-0.2, 0) is 0 Å². The molecule has 17 heavy (non-hydrogen) atoms. The van der Waals surface area contributed by atoms with Crippen molar-refractivity contribution in [2.45, 2.75) is 93.4 Å². The first kappa shape index (κ1) is 19.3. The molecule has 0 aromatic heterocycles. The minimum Gasteiger partial charge on any atom is -0.0683 e. The summed E-state index contributed by atoms with van der Waals surface area (Å²) >= 11 is 0. The van der Waals surface area contributed by atoms with E-state index in [4.69, 9.17) is 0 Å². The molecule has 1 aliphatic rings. The maximum absolute atomic E-state index is 2.37. The molecule has 0 N–H and O–H groups in total. The summed E-state index contributed by atoms with van der Waals surface area (Å²) in [6.45, 7) is 15.5. The van der Waals surface area contributed by atoms with Crippen molar-refractivity contribution in [1.29, 1.82) is 0 Å². The second-order valence-corrected chi connectivity index (χ2v) is 5.91. The quantitative estimate of drug-likeness (QED) is 0.517. The van der Waals surface area contributed by atoms with Gasteiger partial charge in [0.25, 0.3) is 0 Å². The van der Waals surface area contributed by atoms with Gasteiger partial charge in [-0.3, -0.25) is 0 Å². The summed E-state index contributed by atoms with van der Waals surface area (Å²) < 4.78 is 0. The Labute approximate surface area is 112 Å². The van der Waals surface area contributed by atoms with Crippen LogP contribution in [0.25, 0.3) is 0 Å². The number of unbranched alkanes of at least 4 members (excludes halogenated alkanes) is 1. The fourth-order valence-electron chi connectivity index (χ4n) is 2.35. The lowest BCUT2D eigenvalue weighted by Gasteiger charge is -2.22. The van der Waals surface area contributed by atoms with Gasteiger partial charge in [-0.15, -0.1) is 0 Å². The molecule has 0 saturated heterocycles. The summed E-state index contributed by atoms with van der Waals surface area (Å²) in [5, 5.41) is 0. The monoisotopic (exact) mass is 242 g/mol. The van der Waals surface area contributed by atoms with Crippen LogP contribution in [0.1, 0.15) is 93.4 Å². The van der Waals surface area contributed by atoms with Crippen molar-refractivity contribution in [3.8, 4) is 0 Å². The van der Waals surface area contributed by atoms with Gasteiger partial charge in [-0.25, -0.2) is 0 Å². The zero-order valence-corrected chi connectivity index (χ0v) is 13.7. The van der Waals surface area contributed by atoms with Gasteiger partial charge in [0.1, 0.15) is 0 Å². The van der Waals surface area contributed by atoms with Crippen molar-refractivity contribution < 1.29 is 0 Å². The largest absolute Gasteiger partial charge is 0.0683 e. The summed E-state index contributed by atoms with van der Waals surface area (Å²) in [5.74, 6) is 2.93. The van der Waals surface area contributed by atoms with Crippen molar-refractivity contribution >= 4 is 0 Å². The van der Waals surface area contributed by atoms with Gasteiger partial charge in [-0.2, -0.15) is 0 Å². The van der Waals surface area contributed by atoms with Crippen LogP contribution in [0.5, 0.6) is 0 Å². The molecule has 0 radical (unpaired) electrons. The smallest absolute Gasteiger partial charge is 0.0440 e. The molecule has 2 atom stereocenters. The second-order valence-electron chi connectivity index (χ2n) is 5.91. The van der Waals surface area contributed by atoms with Crippen molar-refractivity contribution in [1.82, 2.24) is 0 Å². The van der Waals surface area contributed by atoms with E-state index >= 15 is 0 Å². The molecule has 0 aromatic carbocycles. The third-order valence-corrected chi connectivity index (χ3v) is 3.33. The Morgan fingerprint density at radius 3 is 1.65 bits per heavy atom. The molecule has 2 unspecified atom stereocenters. The van der Waals surface area contributed by atoms with E-state index < -0.39 is 0 Å². The lowest BCUT2D eigenvalue weighted by atomic mass is 9.84. The normalized spacial score (nSPS) is 23.3. The fraction of sp³-hybridized carbons (Fsp3) is 1.00. The van der Waals surface area contributed by atoms with E-state index in [0.717, 1.165) is 17.8 Å². The highest BCUT2D eigenvalue weighted by atomic mass is 14.2. The van der Waals surface area contributed by atoms with Crippen molar-refractivity contribution in [2.24, 2.45) is 17.8 Å². The Morgan fingerprint density at radius 1 is 1.00 bits per heavy atom. The average Bonchev–Trinajstić information content (AvgIpc) is 2.29. The van der Waals surface area contributed by atoms with E-state index in [0.29, 0.717) is 0 Å². The van der Waals surface area contributed by atoms with Gasteiger partial charge in [0.15, 0.2) is 0 Å². The minimum absolute atomic E-state index is 0.903. The highest BCUT2D eigenvalue weighted by Gasteiger charge is 2.13. The molecular formula is C17H38. The molecule has 0 nitrogen and oxygen atoms in total. The summed E-state index contributed by atoms with van der Waals surface area (Å²) in [6, 6.07) is 0. The van der Waals surface area contributed by atoms with Crippen LogP contribution in [-0.4, -0.2) is 0 Å². The number of hydrogen-bond donors (Lipinski definition) is 0. The Morgan fingerprint density at radius 2 is 1.47 bits per heavy atom. The second kappa shape index (κ2) is 14.1. The maximum Gasteiger partial charge on any atom is -0.0440 e. The maximum atomic E-state index is 2.37. The van der Waals surface area contributed by atoms with Crippen LogP contribution in [0.4, 0.5) is 0 Å². The van der Waals surface area contributed by atoms with E-state index in [-0.39, 0.29) is 0 Å². The van der Waals surface area contributed by atoms with E-state index in [1.54, 1.807) is 0 Å². The van der Waals surface area contributed by atoms with Crippen LogP contribution in [0, 0.1) is 17.8 Å². The third kappa shape index (κ3) is 16.0. The zero-order valence-electron chi connectivity index (χ0n) is 13.7. The molecule has 0 amide bonds. The standard InChI is InChI=1S/C8H16.C7H16.C2H6/c1-7-4-3-5-8(2)6-7;1-4-5-6-7(2)3;1-2/h7-8H,3-6H2,1-2H3;7H,4-6H2,1-3H3;1-2H3. The highest BCUT2D eigenvalue weighted by molar-refractivity contribution is 4.66. The lowest BCUT2D eigenvalue weighted by molar-refractivity contribution is 0.301. The highest BCUT2D eigenvalue weighted by Crippen LogP contribution is 2.27. The van der Waals surface area contributed by atoms with Crippen LogP contribution < -0.4 is 0 Å². The van der Waals surface area contributed by atoms with Crippen molar-refractivity contribution in [3.63, 3.8) is 0 Å². The molecule has 0 heterocycles. The molecular weight excluding hydrogens is 204 g/mol. The van der Waals surface area contributed by atoms with Gasteiger partial charge in [0, 0.05) is 0 Å². The SMILES string of the molecule is CC.CC1CCCC(C)C1.CCCCC(C)C. The first-order valence-corrected chi connectivity index (χ1v) is 8.06. The minimum atomic E-state index is 0.903. The van der Waals surface area contributed by atoms with Crippen LogP contribution in [0.3, 0.4) is 0 Å². The summed E-state index contributed by atoms with van der Waals surface area (Å²) in [6.07, 6.45) is 10.0. The topological polar surface area (TPSA) is 0 Å². The fourth-order valence-corrected chi connectivity index (χ4v) is 2.35. The summed E-state index contributed by atoms with van der Waals surface area (Å²) in [7, 11) is 0. The Bertz CT molecular complexity index is 118. The van der Waals surface area contributed by atoms with E-state index in [2.05, 4.69) is 34.6 Å². The van der Waals surface area contributed by atoms with Crippen LogP contribution in [0.15, 0.2) is 0 Å². The van der Waals surface area contributed by atoms with Crippen molar-refractivity contribution in [2.75, 3.05) is 0 Å². The predicted molar refractivity (Wildman–Crippen MR) is 82.5 cm³/mol. The first-order chi connectivity index (χ1) is 8.06. The van der Waals surface area contributed by atoms with Crippen LogP contribution in [0.2, 0.25) is 0 Å². The molecule has 1 fully saturated rings. The van der Waals surface area contributed by atoms with Gasteiger partial charge in [-0.1, -0.05) is 87.0 Å². The molecule has 1 aliphatic carbocycles. The predicted octanol–water partition coefficient (Wildman–Crippen LogP) is 6.69. The van der Waals surface area contributed by atoms with Gasteiger partial charge in [-0.05, 0) is 24.2 Å². The molecule has 1 rings (SSSR count). The lowest BCUT2D eigenvalue weighted by Crippen LogP contribution is -2.09. The van der Waals surface area contributed by atoms with E-state index in [9.17, 15) is 0 Å². The summed E-state index contributed by atoms with van der Waals surface area (Å²) in [4.78, 5) is 0. The Balaban J connectivity index is 0. The molecule has 0 bridgehead atoms. The molecule has 1 saturated carbocycles. The zero-order chi connectivity index (χ0) is 13.7. The number of rotatable bonds is 3. The molecule has 0 heteroatoms. The van der Waals surface area contributed by atoms with Gasteiger partial charge >= 0.3 is 0 Å². The Hall–Kier alpha value is 0. The molecule has 106 valence electrons. The Kier molecular flexibility index (Phi) is 16.0. The van der Waals surface area contributed by atoms with Gasteiger partial charge in [0.2, 0.25) is 0 Å². The molecule has 0 aromatic rings. The number of hydrogen-bond acceptors (Lipinski definition) is 0. The molecule has 0 aliphatic heterocycles. The van der Waals surface area contributed by atoms with Crippen LogP contribution >= 0.6 is 0 Å². The van der Waals surface area contributed by atoms with E-state index in [1.165, 1.54) is 44.9 Å². The van der Waals surface area contributed by atoms with E-state index in [1.807, 2.05) is 13.8 Å². The van der Waals surface area contributed by atoms with Crippen molar-refractivity contribution in [3.05, 3.63) is 0 Å². The summed E-state index contributed by atoms with van der Waals surface area (Å²) in [5.41, 5.74) is 0. The van der Waals surface area contributed by atoms with Gasteiger partial charge < -0.3 is 0 Å². The average molecular weight is 242 g/mol. The molecule has 0 spiro atoms. The van der Waals surface area contributed by atoms with Gasteiger partial charge in [0.05, 0.1) is 0 Å².